The Balaban J connectivity index is 1.50. The predicted molar refractivity (Wildman–Crippen MR) is 95.0 cm³/mol. The van der Waals surface area contributed by atoms with Gasteiger partial charge in [-0.25, -0.2) is 0 Å². The van der Waals surface area contributed by atoms with E-state index in [9.17, 15) is 9.90 Å². The molecule has 1 saturated heterocycles. The van der Waals surface area contributed by atoms with Crippen molar-refractivity contribution < 1.29 is 9.90 Å². The summed E-state index contributed by atoms with van der Waals surface area (Å²) in [5.41, 5.74) is 0.645. The van der Waals surface area contributed by atoms with Crippen LogP contribution in [0.15, 0.2) is 24.3 Å². The van der Waals surface area contributed by atoms with Crippen molar-refractivity contribution in [2.75, 3.05) is 46.3 Å². The topological polar surface area (TPSA) is 55.8 Å². The maximum absolute atomic E-state index is 12.3. The lowest BCUT2D eigenvalue weighted by Crippen LogP contribution is -2.48. The van der Waals surface area contributed by atoms with Gasteiger partial charge in [-0.05, 0) is 26.0 Å². The molecule has 6 heteroatoms. The average Bonchev–Trinajstić information content (AvgIpc) is 3.34. The summed E-state index contributed by atoms with van der Waals surface area (Å²) in [6.07, 6.45) is 1.07. The van der Waals surface area contributed by atoms with Gasteiger partial charge in [0, 0.05) is 55.3 Å². The number of piperazine rings is 1. The Hall–Kier alpha value is -1.14. The molecule has 1 saturated carbocycles. The van der Waals surface area contributed by atoms with Crippen molar-refractivity contribution in [1.29, 1.82) is 0 Å². The molecule has 24 heavy (non-hydrogen) atoms. The van der Waals surface area contributed by atoms with Gasteiger partial charge in [0.1, 0.15) is 0 Å². The molecule has 1 heterocycles. The minimum absolute atomic E-state index is 0.186. The number of aliphatic hydroxyl groups excluding tert-OH is 1. The lowest BCUT2D eigenvalue weighted by atomic mass is 10.0. The number of nitrogens with zero attached hydrogens (tertiary/aromatic N) is 2. The van der Waals surface area contributed by atoms with Gasteiger partial charge in [-0.1, -0.05) is 29.8 Å². The van der Waals surface area contributed by atoms with Gasteiger partial charge in [0.25, 0.3) is 5.91 Å². The first kappa shape index (κ1) is 17.7. The van der Waals surface area contributed by atoms with Gasteiger partial charge >= 0.3 is 0 Å². The molecule has 3 rings (SSSR count). The number of amides is 1. The van der Waals surface area contributed by atoms with E-state index >= 15 is 0 Å². The van der Waals surface area contributed by atoms with Crippen LogP contribution in [-0.4, -0.2) is 67.1 Å². The van der Waals surface area contributed by atoms with Crippen molar-refractivity contribution in [2.24, 2.45) is 5.41 Å². The molecule has 1 aromatic rings. The maximum Gasteiger partial charge on any atom is 0.253 e. The second-order valence-corrected chi connectivity index (χ2v) is 7.63. The van der Waals surface area contributed by atoms with Crippen LogP contribution < -0.4 is 5.32 Å². The summed E-state index contributed by atoms with van der Waals surface area (Å²) in [7, 11) is 2.15. The molecule has 1 aliphatic heterocycles. The first-order valence-corrected chi connectivity index (χ1v) is 8.98. The molecule has 1 atom stereocenters. The molecule has 0 radical (unpaired) electrons. The van der Waals surface area contributed by atoms with Crippen molar-refractivity contribution in [3.05, 3.63) is 34.9 Å². The molecular weight excluding hydrogens is 326 g/mol. The number of likely N-dealkylation sites (N-methyl/N-ethyl adjacent to an activating group) is 1. The fourth-order valence-electron chi connectivity index (χ4n) is 3.26. The molecule has 0 unspecified atom stereocenters. The lowest BCUT2D eigenvalue weighted by molar-refractivity contribution is -0.129. The Morgan fingerprint density at radius 3 is 2.58 bits per heavy atom. The van der Waals surface area contributed by atoms with E-state index in [1.165, 1.54) is 0 Å². The second-order valence-electron chi connectivity index (χ2n) is 7.22. The molecule has 1 aliphatic carbocycles. The highest BCUT2D eigenvalue weighted by Crippen LogP contribution is 2.45. The van der Waals surface area contributed by atoms with Crippen LogP contribution in [0.4, 0.5) is 0 Å². The number of aliphatic hydroxyl groups is 1. The van der Waals surface area contributed by atoms with Gasteiger partial charge in [0.15, 0.2) is 6.10 Å². The highest BCUT2D eigenvalue weighted by molar-refractivity contribution is 6.31. The van der Waals surface area contributed by atoms with Crippen LogP contribution in [0.3, 0.4) is 0 Å². The Morgan fingerprint density at radius 2 is 1.96 bits per heavy atom. The average molecular weight is 352 g/mol. The number of benzene rings is 1. The number of halogens is 1. The number of hydrogen-bond acceptors (Lipinski definition) is 4. The normalized spacial score (nSPS) is 22.1. The quantitative estimate of drug-likeness (QED) is 0.816. The standard InChI is InChI=1S/C18H26ClN3O2/c1-21-8-10-22(11-9-21)13-18(6-7-18)12-20-17(24)16(23)14-4-2-3-5-15(14)19/h2-5,16,23H,6-13H2,1H3,(H,20,24)/t16-/m1/s1. The van der Waals surface area contributed by atoms with Crippen molar-refractivity contribution >= 4 is 17.5 Å². The molecule has 1 aromatic carbocycles. The van der Waals surface area contributed by atoms with E-state index in [0.717, 1.165) is 45.6 Å². The van der Waals surface area contributed by atoms with Crippen LogP contribution in [0.5, 0.6) is 0 Å². The number of hydrogen-bond donors (Lipinski definition) is 2. The van der Waals surface area contributed by atoms with Crippen molar-refractivity contribution in [3.63, 3.8) is 0 Å². The van der Waals surface area contributed by atoms with Crippen molar-refractivity contribution in [3.8, 4) is 0 Å². The third kappa shape index (κ3) is 4.28. The SMILES string of the molecule is CN1CCN(CC2(CNC(=O)[C@H](O)c3ccccc3Cl)CC2)CC1. The zero-order chi connectivity index (χ0) is 17.2. The van der Waals surface area contributed by atoms with Gasteiger partial charge in [-0.2, -0.15) is 0 Å². The minimum atomic E-state index is -1.21. The van der Waals surface area contributed by atoms with Crippen LogP contribution >= 0.6 is 11.6 Å². The molecule has 132 valence electrons. The molecule has 2 N–H and O–H groups in total. The van der Waals surface area contributed by atoms with Crippen LogP contribution in [-0.2, 0) is 4.79 Å². The first-order chi connectivity index (χ1) is 11.5. The number of rotatable bonds is 6. The summed E-state index contributed by atoms with van der Waals surface area (Å²) in [5, 5.41) is 13.6. The van der Waals surface area contributed by atoms with E-state index in [4.69, 9.17) is 11.6 Å². The van der Waals surface area contributed by atoms with Gasteiger partial charge in [0.05, 0.1) is 0 Å². The third-order valence-electron chi connectivity index (χ3n) is 5.20. The molecule has 0 bridgehead atoms. The van der Waals surface area contributed by atoms with E-state index in [2.05, 4.69) is 22.2 Å². The summed E-state index contributed by atoms with van der Waals surface area (Å²) in [6.45, 7) is 6.05. The maximum atomic E-state index is 12.3. The molecule has 2 aliphatic rings. The fraction of sp³-hybridized carbons (Fsp3) is 0.611. The molecule has 5 nitrogen and oxygen atoms in total. The van der Waals surface area contributed by atoms with Gasteiger partial charge < -0.3 is 20.2 Å². The smallest absolute Gasteiger partial charge is 0.253 e. The number of carbonyl (C=O) groups is 1. The molecule has 0 spiro atoms. The first-order valence-electron chi connectivity index (χ1n) is 8.60. The van der Waals surface area contributed by atoms with Crippen molar-refractivity contribution in [2.45, 2.75) is 18.9 Å². The summed E-state index contributed by atoms with van der Waals surface area (Å²) in [6, 6.07) is 6.92. The van der Waals surface area contributed by atoms with Crippen LogP contribution in [0.25, 0.3) is 0 Å². The highest BCUT2D eigenvalue weighted by atomic mass is 35.5. The second kappa shape index (κ2) is 7.40. The number of nitrogens with one attached hydrogen (secondary N) is 1. The van der Waals surface area contributed by atoms with E-state index in [0.29, 0.717) is 17.1 Å². The molecule has 0 aromatic heterocycles. The van der Waals surface area contributed by atoms with Crippen LogP contribution in [0.1, 0.15) is 24.5 Å². The summed E-state index contributed by atoms with van der Waals surface area (Å²) >= 11 is 6.06. The highest BCUT2D eigenvalue weighted by Gasteiger charge is 2.44. The zero-order valence-electron chi connectivity index (χ0n) is 14.2. The largest absolute Gasteiger partial charge is 0.378 e. The molecular formula is C18H26ClN3O2. The summed E-state index contributed by atoms with van der Waals surface area (Å²) < 4.78 is 0. The Morgan fingerprint density at radius 1 is 1.29 bits per heavy atom. The Kier molecular flexibility index (Phi) is 5.45. The monoisotopic (exact) mass is 351 g/mol. The van der Waals surface area contributed by atoms with Gasteiger partial charge in [0.2, 0.25) is 0 Å². The minimum Gasteiger partial charge on any atom is -0.378 e. The molecule has 1 amide bonds. The Bertz CT molecular complexity index is 583. The van der Waals surface area contributed by atoms with Gasteiger partial charge in [-0.3, -0.25) is 4.79 Å². The van der Waals surface area contributed by atoms with E-state index < -0.39 is 6.10 Å². The van der Waals surface area contributed by atoms with Crippen molar-refractivity contribution in [1.82, 2.24) is 15.1 Å². The molecule has 2 fully saturated rings. The summed E-state index contributed by atoms with van der Waals surface area (Å²) in [4.78, 5) is 17.1. The van der Waals surface area contributed by atoms with E-state index in [1.807, 2.05) is 0 Å². The predicted octanol–water partition coefficient (Wildman–Crippen LogP) is 1.52. The fourth-order valence-corrected chi connectivity index (χ4v) is 3.50. The van der Waals surface area contributed by atoms with Gasteiger partial charge in [-0.15, -0.1) is 0 Å². The van der Waals surface area contributed by atoms with Crippen LogP contribution in [0.2, 0.25) is 5.02 Å². The van der Waals surface area contributed by atoms with E-state index in [-0.39, 0.29) is 11.3 Å². The Labute approximate surface area is 148 Å². The third-order valence-corrected chi connectivity index (χ3v) is 5.54. The van der Waals surface area contributed by atoms with Crippen LogP contribution in [0, 0.1) is 5.41 Å². The lowest BCUT2D eigenvalue weighted by Gasteiger charge is -2.35. The van der Waals surface area contributed by atoms with E-state index in [1.54, 1.807) is 24.3 Å². The zero-order valence-corrected chi connectivity index (χ0v) is 14.9. The summed E-state index contributed by atoms with van der Waals surface area (Å²) in [5.74, 6) is -0.368. The number of carbonyl (C=O) groups excluding carboxylic acids is 1.